The summed E-state index contributed by atoms with van der Waals surface area (Å²) in [5, 5.41) is 7.16. The van der Waals surface area contributed by atoms with Gasteiger partial charge in [0.15, 0.2) is 5.96 Å². The Labute approximate surface area is 181 Å². The number of likely N-dealkylation sites (tertiary alicyclic amines) is 1. The quantitative estimate of drug-likeness (QED) is 0.448. The van der Waals surface area contributed by atoms with Gasteiger partial charge < -0.3 is 29.4 Å². The van der Waals surface area contributed by atoms with E-state index in [1.54, 1.807) is 6.26 Å². The van der Waals surface area contributed by atoms with Crippen molar-refractivity contribution >= 4 is 5.96 Å². The normalized spacial score (nSPS) is 21.8. The number of furan rings is 1. The molecule has 0 amide bonds. The molecule has 7 nitrogen and oxygen atoms in total. The maximum atomic E-state index is 5.85. The third kappa shape index (κ3) is 8.66. The minimum absolute atomic E-state index is 0.255. The Hall–Kier alpha value is -1.57. The molecule has 1 aromatic heterocycles. The summed E-state index contributed by atoms with van der Waals surface area (Å²) >= 11 is 0. The smallest absolute Gasteiger partial charge is 0.191 e. The largest absolute Gasteiger partial charge is 0.469 e. The summed E-state index contributed by atoms with van der Waals surface area (Å²) in [6.45, 7) is 10.6. The molecule has 1 unspecified atom stereocenters. The molecule has 0 bridgehead atoms. The van der Waals surface area contributed by atoms with Crippen LogP contribution in [0, 0.1) is 0 Å². The van der Waals surface area contributed by atoms with Gasteiger partial charge in [0, 0.05) is 45.2 Å². The Morgan fingerprint density at radius 3 is 2.83 bits per heavy atom. The van der Waals surface area contributed by atoms with Gasteiger partial charge in [-0.2, -0.15) is 0 Å². The highest BCUT2D eigenvalue weighted by atomic mass is 16.5. The highest BCUT2D eigenvalue weighted by Gasteiger charge is 2.20. The van der Waals surface area contributed by atoms with Crippen LogP contribution in [0.25, 0.3) is 0 Å². The predicted octanol–water partition coefficient (Wildman–Crippen LogP) is 2.82. The molecule has 0 spiro atoms. The van der Waals surface area contributed by atoms with Gasteiger partial charge in [-0.1, -0.05) is 0 Å². The van der Waals surface area contributed by atoms with Gasteiger partial charge in [0.25, 0.3) is 0 Å². The van der Waals surface area contributed by atoms with E-state index in [1.165, 1.54) is 12.8 Å². The molecule has 2 aliphatic heterocycles. The number of guanidine groups is 1. The molecule has 170 valence electrons. The summed E-state index contributed by atoms with van der Waals surface area (Å²) in [4.78, 5) is 7.35. The zero-order chi connectivity index (χ0) is 21.0. The summed E-state index contributed by atoms with van der Waals surface area (Å²) < 4.78 is 17.0. The molecule has 0 radical (unpaired) electrons. The molecule has 0 aromatic carbocycles. The fourth-order valence-electron chi connectivity index (χ4n) is 3.97. The number of ether oxygens (including phenoxy) is 2. The van der Waals surface area contributed by atoms with Crippen molar-refractivity contribution in [2.45, 2.75) is 70.6 Å². The maximum absolute atomic E-state index is 5.85. The molecule has 3 rings (SSSR count). The number of nitrogens with one attached hydrogen (secondary N) is 2. The summed E-state index contributed by atoms with van der Waals surface area (Å²) in [6.07, 6.45) is 8.92. The Morgan fingerprint density at radius 2 is 2.13 bits per heavy atom. The van der Waals surface area contributed by atoms with Gasteiger partial charge >= 0.3 is 0 Å². The van der Waals surface area contributed by atoms with Crippen molar-refractivity contribution in [3.05, 3.63) is 24.2 Å². The van der Waals surface area contributed by atoms with Crippen LogP contribution in [0.5, 0.6) is 0 Å². The van der Waals surface area contributed by atoms with Crippen LogP contribution < -0.4 is 10.6 Å². The molecule has 2 fully saturated rings. The van der Waals surface area contributed by atoms with E-state index in [-0.39, 0.29) is 6.10 Å². The Bertz CT molecular complexity index is 592. The molecule has 2 N–H and O–H groups in total. The second-order valence-corrected chi connectivity index (χ2v) is 8.61. The van der Waals surface area contributed by atoms with Crippen LogP contribution in [0.3, 0.4) is 0 Å². The first kappa shape index (κ1) is 23.1. The molecule has 2 saturated heterocycles. The molecule has 30 heavy (non-hydrogen) atoms. The Morgan fingerprint density at radius 1 is 1.27 bits per heavy atom. The number of rotatable bonds is 10. The standard InChI is InChI=1S/C23H40N4O3/c1-19(2)28-17-14-27-12-9-20(10-13-27)26-23(24-11-8-21-7-5-16-29-21)25-18-22-6-3-4-15-30-22/h5,7,16,19-20,22H,3-4,6,8-15,17-18H2,1-2H3,(H2,24,25,26). The molecule has 0 saturated carbocycles. The summed E-state index contributed by atoms with van der Waals surface area (Å²) in [6, 6.07) is 4.40. The average molecular weight is 421 g/mol. The van der Waals surface area contributed by atoms with Gasteiger partial charge in [0.2, 0.25) is 0 Å². The van der Waals surface area contributed by atoms with Crippen molar-refractivity contribution < 1.29 is 13.9 Å². The van der Waals surface area contributed by atoms with E-state index in [0.29, 0.717) is 12.1 Å². The van der Waals surface area contributed by atoms with Crippen LogP contribution >= 0.6 is 0 Å². The lowest BCUT2D eigenvalue weighted by Gasteiger charge is -2.33. The van der Waals surface area contributed by atoms with Crippen molar-refractivity contribution in [3.63, 3.8) is 0 Å². The third-order valence-corrected chi connectivity index (χ3v) is 5.76. The van der Waals surface area contributed by atoms with Crippen molar-refractivity contribution in [1.29, 1.82) is 0 Å². The molecule has 3 heterocycles. The first-order valence-corrected chi connectivity index (χ1v) is 11.7. The van der Waals surface area contributed by atoms with E-state index in [4.69, 9.17) is 18.9 Å². The van der Waals surface area contributed by atoms with Crippen LogP contribution in [0.2, 0.25) is 0 Å². The lowest BCUT2D eigenvalue weighted by molar-refractivity contribution is 0.0224. The lowest BCUT2D eigenvalue weighted by atomic mass is 10.1. The zero-order valence-corrected chi connectivity index (χ0v) is 18.8. The highest BCUT2D eigenvalue weighted by molar-refractivity contribution is 5.80. The van der Waals surface area contributed by atoms with Gasteiger partial charge in [-0.15, -0.1) is 0 Å². The van der Waals surface area contributed by atoms with Gasteiger partial charge in [-0.05, 0) is 58.1 Å². The van der Waals surface area contributed by atoms with E-state index < -0.39 is 0 Å². The molecule has 7 heteroatoms. The summed E-state index contributed by atoms with van der Waals surface area (Å²) in [5.41, 5.74) is 0. The van der Waals surface area contributed by atoms with Gasteiger partial charge in [-0.25, -0.2) is 0 Å². The number of nitrogens with zero attached hydrogens (tertiary/aromatic N) is 2. The maximum Gasteiger partial charge on any atom is 0.191 e. The first-order chi connectivity index (χ1) is 14.7. The van der Waals surface area contributed by atoms with Crippen molar-refractivity contribution in [2.75, 3.05) is 45.9 Å². The monoisotopic (exact) mass is 420 g/mol. The van der Waals surface area contributed by atoms with E-state index in [1.807, 2.05) is 12.1 Å². The number of hydrogen-bond acceptors (Lipinski definition) is 5. The van der Waals surface area contributed by atoms with Crippen LogP contribution in [-0.4, -0.2) is 75.0 Å². The topological polar surface area (TPSA) is 71.3 Å². The average Bonchev–Trinajstić information content (AvgIpc) is 3.27. The fraction of sp³-hybridized carbons (Fsp3) is 0.783. The second-order valence-electron chi connectivity index (χ2n) is 8.61. The first-order valence-electron chi connectivity index (χ1n) is 11.7. The Balaban J connectivity index is 1.43. The molecule has 0 aliphatic carbocycles. The molecule has 1 atom stereocenters. The summed E-state index contributed by atoms with van der Waals surface area (Å²) in [7, 11) is 0. The van der Waals surface area contributed by atoms with E-state index in [0.717, 1.165) is 83.3 Å². The van der Waals surface area contributed by atoms with Gasteiger partial charge in [-0.3, -0.25) is 4.99 Å². The highest BCUT2D eigenvalue weighted by Crippen LogP contribution is 2.13. The minimum Gasteiger partial charge on any atom is -0.469 e. The van der Waals surface area contributed by atoms with Gasteiger partial charge in [0.1, 0.15) is 5.76 Å². The zero-order valence-electron chi connectivity index (χ0n) is 18.8. The fourth-order valence-corrected chi connectivity index (χ4v) is 3.97. The molecular weight excluding hydrogens is 380 g/mol. The van der Waals surface area contributed by atoms with Crippen LogP contribution in [-0.2, 0) is 15.9 Å². The van der Waals surface area contributed by atoms with Crippen molar-refractivity contribution in [3.8, 4) is 0 Å². The van der Waals surface area contributed by atoms with Crippen LogP contribution in [0.1, 0.15) is 51.7 Å². The van der Waals surface area contributed by atoms with Crippen molar-refractivity contribution in [1.82, 2.24) is 15.5 Å². The predicted molar refractivity (Wildman–Crippen MR) is 120 cm³/mol. The second kappa shape index (κ2) is 13.0. The van der Waals surface area contributed by atoms with E-state index in [2.05, 4.69) is 29.4 Å². The minimum atomic E-state index is 0.255. The number of hydrogen-bond donors (Lipinski definition) is 2. The number of aliphatic imine (C=N–C) groups is 1. The number of piperidine rings is 1. The van der Waals surface area contributed by atoms with Crippen LogP contribution in [0.4, 0.5) is 0 Å². The SMILES string of the molecule is CC(C)OCCN1CCC(NC(=NCC2CCCCO2)NCCc2ccco2)CC1. The Kier molecular flexibility index (Phi) is 9.99. The van der Waals surface area contributed by atoms with E-state index in [9.17, 15) is 0 Å². The third-order valence-electron chi connectivity index (χ3n) is 5.76. The van der Waals surface area contributed by atoms with E-state index >= 15 is 0 Å². The van der Waals surface area contributed by atoms with Crippen molar-refractivity contribution in [2.24, 2.45) is 4.99 Å². The summed E-state index contributed by atoms with van der Waals surface area (Å²) in [5.74, 6) is 1.90. The molecular formula is C23H40N4O3. The lowest BCUT2D eigenvalue weighted by Crippen LogP contribution is -2.49. The molecule has 2 aliphatic rings. The van der Waals surface area contributed by atoms with Crippen LogP contribution in [0.15, 0.2) is 27.8 Å². The molecule has 1 aromatic rings. The van der Waals surface area contributed by atoms with Gasteiger partial charge in [0.05, 0.1) is 31.6 Å².